The largest absolute Gasteiger partial charge is 0.454 e. The van der Waals surface area contributed by atoms with Crippen LogP contribution in [0.4, 0.5) is 10.5 Å². The van der Waals surface area contributed by atoms with Gasteiger partial charge in [0.1, 0.15) is 5.57 Å². The predicted molar refractivity (Wildman–Crippen MR) is 102 cm³/mol. The third kappa shape index (κ3) is 2.90. The van der Waals surface area contributed by atoms with E-state index in [9.17, 15) is 14.4 Å². The number of amides is 4. The number of ether oxygens (including phenoxy) is 2. The van der Waals surface area contributed by atoms with Gasteiger partial charge in [-0.1, -0.05) is 23.8 Å². The number of nitrogens with one attached hydrogen (secondary N) is 1. The van der Waals surface area contributed by atoms with E-state index >= 15 is 0 Å². The molecule has 142 valence electrons. The summed E-state index contributed by atoms with van der Waals surface area (Å²) in [6.45, 7) is 5.72. The second-order valence-corrected chi connectivity index (χ2v) is 6.82. The van der Waals surface area contributed by atoms with Crippen LogP contribution in [0, 0.1) is 20.8 Å². The van der Waals surface area contributed by atoms with Gasteiger partial charge in [-0.05, 0) is 55.7 Å². The first kappa shape index (κ1) is 17.8. The maximum atomic E-state index is 13.1. The summed E-state index contributed by atoms with van der Waals surface area (Å²) in [4.78, 5) is 38.9. The van der Waals surface area contributed by atoms with E-state index in [-0.39, 0.29) is 12.4 Å². The van der Waals surface area contributed by atoms with Crippen molar-refractivity contribution in [2.45, 2.75) is 20.8 Å². The number of rotatable bonds is 2. The van der Waals surface area contributed by atoms with Gasteiger partial charge >= 0.3 is 6.03 Å². The molecule has 2 aromatic rings. The number of carbonyl (C=O) groups is 3. The average molecular weight is 378 g/mol. The van der Waals surface area contributed by atoms with Crippen molar-refractivity contribution in [1.29, 1.82) is 0 Å². The van der Waals surface area contributed by atoms with Gasteiger partial charge in [0.05, 0.1) is 5.69 Å². The number of hydrogen-bond acceptors (Lipinski definition) is 5. The first-order valence-electron chi connectivity index (χ1n) is 8.74. The third-order valence-corrected chi connectivity index (χ3v) is 4.67. The van der Waals surface area contributed by atoms with Crippen molar-refractivity contribution in [2.24, 2.45) is 0 Å². The Morgan fingerprint density at radius 2 is 1.64 bits per heavy atom. The second-order valence-electron chi connectivity index (χ2n) is 6.82. The van der Waals surface area contributed by atoms with Crippen LogP contribution in [0.5, 0.6) is 11.5 Å². The molecule has 0 bridgehead atoms. The van der Waals surface area contributed by atoms with E-state index < -0.39 is 17.8 Å². The molecule has 1 fully saturated rings. The maximum absolute atomic E-state index is 13.1. The standard InChI is InChI=1S/C21H18N2O5/c1-11-6-12(2)18(13(3)7-11)23-20(25)15(19(24)22-21(23)26)8-14-4-5-16-17(9-14)28-10-27-16/h4-9H,10H2,1-3H3,(H,22,24,26). The molecule has 2 aliphatic rings. The lowest BCUT2D eigenvalue weighted by Crippen LogP contribution is -2.54. The zero-order valence-electron chi connectivity index (χ0n) is 15.7. The van der Waals surface area contributed by atoms with Gasteiger partial charge in [-0.3, -0.25) is 14.9 Å². The summed E-state index contributed by atoms with van der Waals surface area (Å²) in [5, 5.41) is 2.25. The number of imide groups is 2. The number of benzene rings is 2. The summed E-state index contributed by atoms with van der Waals surface area (Å²) in [5.41, 5.74) is 3.52. The summed E-state index contributed by atoms with van der Waals surface area (Å²) in [6, 6.07) is 8.12. The van der Waals surface area contributed by atoms with Crippen LogP contribution in [0.25, 0.3) is 6.08 Å². The fourth-order valence-electron chi connectivity index (χ4n) is 3.56. The highest BCUT2D eigenvalue weighted by Crippen LogP contribution is 2.34. The van der Waals surface area contributed by atoms with Crippen molar-refractivity contribution in [3.05, 3.63) is 58.2 Å². The molecule has 0 aliphatic carbocycles. The Morgan fingerprint density at radius 1 is 0.964 bits per heavy atom. The van der Waals surface area contributed by atoms with Crippen LogP contribution < -0.4 is 19.7 Å². The first-order valence-corrected chi connectivity index (χ1v) is 8.74. The van der Waals surface area contributed by atoms with E-state index in [1.54, 1.807) is 18.2 Å². The van der Waals surface area contributed by atoms with E-state index in [0.717, 1.165) is 21.6 Å². The van der Waals surface area contributed by atoms with Gasteiger partial charge in [0.15, 0.2) is 11.5 Å². The van der Waals surface area contributed by atoms with Crippen molar-refractivity contribution in [3.63, 3.8) is 0 Å². The highest BCUT2D eigenvalue weighted by Gasteiger charge is 2.38. The number of urea groups is 1. The zero-order valence-corrected chi connectivity index (χ0v) is 15.7. The average Bonchev–Trinajstić information content (AvgIpc) is 3.08. The van der Waals surface area contributed by atoms with Crippen molar-refractivity contribution in [1.82, 2.24) is 5.32 Å². The fourth-order valence-corrected chi connectivity index (χ4v) is 3.56. The van der Waals surface area contributed by atoms with Crippen LogP contribution in [0.2, 0.25) is 0 Å². The van der Waals surface area contributed by atoms with Crippen LogP contribution in [0.15, 0.2) is 35.9 Å². The summed E-state index contributed by atoms with van der Waals surface area (Å²) in [6.07, 6.45) is 1.44. The summed E-state index contributed by atoms with van der Waals surface area (Å²) >= 11 is 0. The lowest BCUT2D eigenvalue weighted by Gasteiger charge is -2.29. The minimum Gasteiger partial charge on any atom is -0.454 e. The number of nitrogens with zero attached hydrogens (tertiary/aromatic N) is 1. The second kappa shape index (κ2) is 6.53. The fraction of sp³-hybridized carbons (Fsp3) is 0.190. The third-order valence-electron chi connectivity index (χ3n) is 4.67. The Labute approximate surface area is 161 Å². The van der Waals surface area contributed by atoms with Gasteiger partial charge in [0.2, 0.25) is 6.79 Å². The molecule has 4 rings (SSSR count). The smallest absolute Gasteiger partial charge is 0.335 e. The van der Waals surface area contributed by atoms with Gasteiger partial charge in [0.25, 0.3) is 11.8 Å². The Balaban J connectivity index is 1.77. The minimum absolute atomic E-state index is 0.127. The zero-order chi connectivity index (χ0) is 20.0. The van der Waals surface area contributed by atoms with Crippen LogP contribution in [0.3, 0.4) is 0 Å². The summed E-state index contributed by atoms with van der Waals surface area (Å²) < 4.78 is 10.6. The molecule has 7 heteroatoms. The van der Waals surface area contributed by atoms with E-state index in [4.69, 9.17) is 9.47 Å². The van der Waals surface area contributed by atoms with Crippen LogP contribution in [0.1, 0.15) is 22.3 Å². The van der Waals surface area contributed by atoms with E-state index in [1.807, 2.05) is 32.9 Å². The molecule has 0 aromatic heterocycles. The molecule has 0 radical (unpaired) electrons. The molecule has 7 nitrogen and oxygen atoms in total. The van der Waals surface area contributed by atoms with E-state index in [0.29, 0.717) is 22.7 Å². The van der Waals surface area contributed by atoms with E-state index in [2.05, 4.69) is 5.32 Å². The Morgan fingerprint density at radius 3 is 2.36 bits per heavy atom. The molecule has 2 heterocycles. The lowest BCUT2D eigenvalue weighted by atomic mass is 10.0. The van der Waals surface area contributed by atoms with Crippen LogP contribution in [-0.2, 0) is 9.59 Å². The molecule has 0 unspecified atom stereocenters. The Kier molecular flexibility index (Phi) is 4.15. The molecular weight excluding hydrogens is 360 g/mol. The first-order chi connectivity index (χ1) is 13.3. The van der Waals surface area contributed by atoms with Crippen molar-refractivity contribution >= 4 is 29.6 Å². The SMILES string of the molecule is Cc1cc(C)c(N2C(=O)NC(=O)C(=Cc3ccc4c(c3)OCO4)C2=O)c(C)c1. The molecule has 28 heavy (non-hydrogen) atoms. The summed E-state index contributed by atoms with van der Waals surface area (Å²) in [7, 11) is 0. The monoisotopic (exact) mass is 378 g/mol. The Bertz CT molecular complexity index is 1050. The molecule has 2 aromatic carbocycles. The van der Waals surface area contributed by atoms with Crippen molar-refractivity contribution in [3.8, 4) is 11.5 Å². The van der Waals surface area contributed by atoms with Crippen LogP contribution >= 0.6 is 0 Å². The molecule has 2 aliphatic heterocycles. The Hall–Kier alpha value is -3.61. The molecular formula is C21H18N2O5. The topological polar surface area (TPSA) is 84.9 Å². The lowest BCUT2D eigenvalue weighted by molar-refractivity contribution is -0.122. The molecule has 4 amide bonds. The normalized spacial score (nSPS) is 17.3. The van der Waals surface area contributed by atoms with E-state index in [1.165, 1.54) is 6.08 Å². The molecule has 0 saturated carbocycles. The van der Waals surface area contributed by atoms with Gasteiger partial charge in [-0.25, -0.2) is 9.69 Å². The van der Waals surface area contributed by atoms with Gasteiger partial charge < -0.3 is 9.47 Å². The molecule has 1 N–H and O–H groups in total. The van der Waals surface area contributed by atoms with Crippen molar-refractivity contribution in [2.75, 3.05) is 11.7 Å². The molecule has 0 atom stereocenters. The van der Waals surface area contributed by atoms with Gasteiger partial charge in [0, 0.05) is 0 Å². The highest BCUT2D eigenvalue weighted by molar-refractivity contribution is 6.39. The maximum Gasteiger partial charge on any atom is 0.335 e. The summed E-state index contributed by atoms with van der Waals surface area (Å²) in [5.74, 6) is -0.256. The van der Waals surface area contributed by atoms with Crippen molar-refractivity contribution < 1.29 is 23.9 Å². The van der Waals surface area contributed by atoms with Crippen LogP contribution in [-0.4, -0.2) is 24.6 Å². The quantitative estimate of drug-likeness (QED) is 0.641. The predicted octanol–water partition coefficient (Wildman–Crippen LogP) is 3.01. The number of carbonyl (C=O) groups excluding carboxylic acids is 3. The number of aryl methyl sites for hydroxylation is 3. The molecule has 0 spiro atoms. The number of anilines is 1. The van der Waals surface area contributed by atoms with Gasteiger partial charge in [-0.2, -0.15) is 0 Å². The number of barbiturate groups is 1. The minimum atomic E-state index is -0.757. The number of hydrogen-bond donors (Lipinski definition) is 1. The van der Waals surface area contributed by atoms with Gasteiger partial charge in [-0.15, -0.1) is 0 Å². The highest BCUT2D eigenvalue weighted by atomic mass is 16.7. The molecule has 1 saturated heterocycles. The number of fused-ring (bicyclic) bond motifs is 1.